The number of amides is 2. The van der Waals surface area contributed by atoms with Gasteiger partial charge in [0.2, 0.25) is 0 Å². The molecule has 3 fully saturated rings. The molecule has 0 unspecified atom stereocenters. The lowest BCUT2D eigenvalue weighted by Crippen LogP contribution is -2.50. The lowest BCUT2D eigenvalue weighted by Gasteiger charge is -2.40. The van der Waals surface area contributed by atoms with Crippen molar-refractivity contribution in [3.05, 3.63) is 53.2 Å². The van der Waals surface area contributed by atoms with E-state index in [1.807, 2.05) is 37.3 Å². The molecule has 9 heteroatoms. The molecule has 2 amide bonds. The summed E-state index contributed by atoms with van der Waals surface area (Å²) in [5.41, 5.74) is 2.11. The number of ether oxygens (including phenoxy) is 2. The molecule has 1 aromatic carbocycles. The van der Waals surface area contributed by atoms with Crippen LogP contribution in [-0.2, 0) is 4.74 Å². The lowest BCUT2D eigenvalue weighted by atomic mass is 9.96. The standard InChI is InChI=1S/C29H39N5O4/c1-20-25(5-3-6-26(20)37-2)29(36)32-22-17-23-8-9-24(18-22)34(23)27-10-7-21(19-31-27)28(35)30-11-4-12-33-13-15-38-16-14-33/h3,5-7,10,19,22-24H,4,8-9,11-18H2,1-2H3,(H,30,35)(H,32,36)/t22-,23+,24-. The number of pyridine rings is 1. The molecular weight excluding hydrogens is 482 g/mol. The molecule has 2 N–H and O–H groups in total. The van der Waals surface area contributed by atoms with Gasteiger partial charge < -0.3 is 25.0 Å². The highest BCUT2D eigenvalue weighted by molar-refractivity contribution is 5.96. The Morgan fingerprint density at radius 3 is 2.53 bits per heavy atom. The van der Waals surface area contributed by atoms with E-state index in [4.69, 9.17) is 9.47 Å². The maximum atomic E-state index is 13.0. The fraction of sp³-hybridized carbons (Fsp3) is 0.552. The minimum Gasteiger partial charge on any atom is -0.496 e. The zero-order valence-corrected chi connectivity index (χ0v) is 22.4. The second-order valence-electron chi connectivity index (χ2n) is 10.5. The summed E-state index contributed by atoms with van der Waals surface area (Å²) in [6.07, 6.45) is 6.55. The first-order chi connectivity index (χ1) is 18.5. The first-order valence-electron chi connectivity index (χ1n) is 13.8. The van der Waals surface area contributed by atoms with E-state index < -0.39 is 0 Å². The van der Waals surface area contributed by atoms with Crippen LogP contribution in [0.1, 0.15) is 58.4 Å². The maximum absolute atomic E-state index is 13.0. The molecule has 3 saturated heterocycles. The molecule has 3 aliphatic heterocycles. The normalized spacial score (nSPS) is 23.2. The molecule has 2 aromatic rings. The van der Waals surface area contributed by atoms with Crippen LogP contribution in [0, 0.1) is 6.92 Å². The van der Waals surface area contributed by atoms with Gasteiger partial charge in [0.05, 0.1) is 25.9 Å². The maximum Gasteiger partial charge on any atom is 0.252 e. The van der Waals surface area contributed by atoms with E-state index in [0.717, 1.165) is 82.1 Å². The van der Waals surface area contributed by atoms with Crippen LogP contribution in [-0.4, -0.2) is 86.3 Å². The Morgan fingerprint density at radius 1 is 1.08 bits per heavy atom. The van der Waals surface area contributed by atoms with Crippen LogP contribution in [0.15, 0.2) is 36.5 Å². The minimum atomic E-state index is -0.0803. The fourth-order valence-electron chi connectivity index (χ4n) is 6.12. The Hall–Kier alpha value is -3.17. The highest BCUT2D eigenvalue weighted by Crippen LogP contribution is 2.38. The third-order valence-corrected chi connectivity index (χ3v) is 8.13. The first kappa shape index (κ1) is 26.4. The lowest BCUT2D eigenvalue weighted by molar-refractivity contribution is 0.0374. The van der Waals surface area contributed by atoms with Gasteiger partial charge in [-0.05, 0) is 69.8 Å². The number of nitrogens with one attached hydrogen (secondary N) is 2. The number of carbonyl (C=O) groups excluding carboxylic acids is 2. The molecule has 3 aliphatic rings. The van der Waals surface area contributed by atoms with Gasteiger partial charge in [0.25, 0.3) is 11.8 Å². The predicted octanol–water partition coefficient (Wildman–Crippen LogP) is 2.78. The van der Waals surface area contributed by atoms with E-state index in [2.05, 4.69) is 25.4 Å². The van der Waals surface area contributed by atoms with Crippen LogP contribution >= 0.6 is 0 Å². The molecule has 1 aromatic heterocycles. The number of hydrogen-bond donors (Lipinski definition) is 2. The third kappa shape index (κ3) is 5.94. The summed E-state index contributed by atoms with van der Waals surface area (Å²) in [6.45, 7) is 7.06. The van der Waals surface area contributed by atoms with Crippen molar-refractivity contribution in [1.82, 2.24) is 20.5 Å². The molecule has 5 rings (SSSR count). The topological polar surface area (TPSA) is 96.0 Å². The molecule has 4 heterocycles. The Kier molecular flexibility index (Phi) is 8.44. The molecule has 9 nitrogen and oxygen atoms in total. The van der Waals surface area contributed by atoms with Crippen LogP contribution < -0.4 is 20.3 Å². The first-order valence-corrected chi connectivity index (χ1v) is 13.8. The number of carbonyl (C=O) groups is 2. The van der Waals surface area contributed by atoms with E-state index in [1.54, 1.807) is 13.3 Å². The van der Waals surface area contributed by atoms with Crippen molar-refractivity contribution in [2.75, 3.05) is 51.4 Å². The van der Waals surface area contributed by atoms with Crippen molar-refractivity contribution >= 4 is 17.6 Å². The molecule has 0 spiro atoms. The number of benzene rings is 1. The van der Waals surface area contributed by atoms with Crippen molar-refractivity contribution in [3.8, 4) is 5.75 Å². The Morgan fingerprint density at radius 2 is 1.84 bits per heavy atom. The van der Waals surface area contributed by atoms with Gasteiger partial charge in [-0.2, -0.15) is 0 Å². The van der Waals surface area contributed by atoms with E-state index in [0.29, 0.717) is 29.8 Å². The molecule has 2 bridgehead atoms. The molecule has 0 saturated carbocycles. The van der Waals surface area contributed by atoms with Crippen LogP contribution in [0.5, 0.6) is 5.75 Å². The quantitative estimate of drug-likeness (QED) is 0.490. The summed E-state index contributed by atoms with van der Waals surface area (Å²) in [5, 5.41) is 6.28. The van der Waals surface area contributed by atoms with Gasteiger partial charge in [0, 0.05) is 55.1 Å². The van der Waals surface area contributed by atoms with Gasteiger partial charge in [-0.25, -0.2) is 4.98 Å². The van der Waals surface area contributed by atoms with Gasteiger partial charge in [-0.3, -0.25) is 14.5 Å². The Balaban J connectivity index is 1.12. The number of aromatic nitrogens is 1. The minimum absolute atomic E-state index is 0.0438. The number of nitrogens with zero attached hydrogens (tertiary/aromatic N) is 3. The number of methoxy groups -OCH3 is 1. The molecule has 204 valence electrons. The average molecular weight is 522 g/mol. The third-order valence-electron chi connectivity index (χ3n) is 8.13. The van der Waals surface area contributed by atoms with Gasteiger partial charge in [0.15, 0.2) is 0 Å². The van der Waals surface area contributed by atoms with Gasteiger partial charge in [-0.1, -0.05) is 6.07 Å². The average Bonchev–Trinajstić information content (AvgIpc) is 3.21. The zero-order chi connectivity index (χ0) is 26.5. The van der Waals surface area contributed by atoms with Gasteiger partial charge in [-0.15, -0.1) is 0 Å². The number of piperidine rings is 1. The summed E-state index contributed by atoms with van der Waals surface area (Å²) in [4.78, 5) is 35.1. The monoisotopic (exact) mass is 521 g/mol. The molecule has 3 atom stereocenters. The summed E-state index contributed by atoms with van der Waals surface area (Å²) in [6, 6.07) is 10.2. The largest absolute Gasteiger partial charge is 0.496 e. The van der Waals surface area contributed by atoms with E-state index >= 15 is 0 Å². The van der Waals surface area contributed by atoms with Gasteiger partial charge >= 0.3 is 0 Å². The second-order valence-corrected chi connectivity index (χ2v) is 10.5. The van der Waals surface area contributed by atoms with Crippen molar-refractivity contribution in [3.63, 3.8) is 0 Å². The smallest absolute Gasteiger partial charge is 0.252 e. The van der Waals surface area contributed by atoms with Crippen molar-refractivity contribution < 1.29 is 19.1 Å². The van der Waals surface area contributed by atoms with E-state index in [9.17, 15) is 9.59 Å². The van der Waals surface area contributed by atoms with Crippen LogP contribution in [0.4, 0.5) is 5.82 Å². The number of hydrogen-bond acceptors (Lipinski definition) is 7. The Bertz CT molecular complexity index is 1100. The number of rotatable bonds is 9. The summed E-state index contributed by atoms with van der Waals surface area (Å²) >= 11 is 0. The van der Waals surface area contributed by atoms with Crippen molar-refractivity contribution in [2.45, 2.75) is 57.2 Å². The van der Waals surface area contributed by atoms with Crippen molar-refractivity contribution in [2.24, 2.45) is 0 Å². The van der Waals surface area contributed by atoms with Crippen LogP contribution in [0.3, 0.4) is 0 Å². The van der Waals surface area contributed by atoms with Gasteiger partial charge in [0.1, 0.15) is 11.6 Å². The highest BCUT2D eigenvalue weighted by atomic mass is 16.5. The van der Waals surface area contributed by atoms with E-state index in [-0.39, 0.29) is 17.9 Å². The van der Waals surface area contributed by atoms with Crippen LogP contribution in [0.2, 0.25) is 0 Å². The second kappa shape index (κ2) is 12.1. The fourth-order valence-corrected chi connectivity index (χ4v) is 6.12. The summed E-state index contributed by atoms with van der Waals surface area (Å²) < 4.78 is 10.8. The highest BCUT2D eigenvalue weighted by Gasteiger charge is 2.42. The Labute approximate surface area is 224 Å². The molecular formula is C29H39N5O4. The summed E-state index contributed by atoms with van der Waals surface area (Å²) in [5.74, 6) is 1.51. The predicted molar refractivity (Wildman–Crippen MR) is 146 cm³/mol. The SMILES string of the molecule is COc1cccc(C(=O)N[C@H]2C[C@H]3CC[C@@H](C2)N3c2ccc(C(=O)NCCCN3CCOCC3)cn2)c1C. The van der Waals surface area contributed by atoms with Crippen molar-refractivity contribution in [1.29, 1.82) is 0 Å². The van der Waals surface area contributed by atoms with Crippen LogP contribution in [0.25, 0.3) is 0 Å². The molecule has 0 aliphatic carbocycles. The summed E-state index contributed by atoms with van der Waals surface area (Å²) in [7, 11) is 1.62. The number of fused-ring (bicyclic) bond motifs is 2. The number of morpholine rings is 1. The molecule has 38 heavy (non-hydrogen) atoms. The van der Waals surface area contributed by atoms with E-state index in [1.165, 1.54) is 0 Å². The molecule has 0 radical (unpaired) electrons. The number of anilines is 1. The zero-order valence-electron chi connectivity index (χ0n) is 22.4.